The molecule has 0 bridgehead atoms. The molecule has 124 valence electrons. The third-order valence-electron chi connectivity index (χ3n) is 5.32. The Morgan fingerprint density at radius 3 is 2.61 bits per heavy atom. The van der Waals surface area contributed by atoms with Crippen LogP contribution in [0, 0.1) is 17.8 Å². The van der Waals surface area contributed by atoms with Crippen molar-refractivity contribution in [2.45, 2.75) is 45.6 Å². The molecule has 23 heavy (non-hydrogen) atoms. The molecule has 1 aromatic heterocycles. The predicted molar refractivity (Wildman–Crippen MR) is 86.3 cm³/mol. The van der Waals surface area contributed by atoms with Crippen molar-refractivity contribution in [3.05, 3.63) is 17.5 Å². The van der Waals surface area contributed by atoms with E-state index < -0.39 is 0 Å². The number of oxime groups is 1. The third-order valence-corrected chi connectivity index (χ3v) is 5.32. The number of aromatic nitrogens is 2. The summed E-state index contributed by atoms with van der Waals surface area (Å²) in [5.74, 6) is 2.02. The van der Waals surface area contributed by atoms with Gasteiger partial charge in [-0.05, 0) is 37.7 Å². The maximum atomic E-state index is 12.6. The van der Waals surface area contributed by atoms with Crippen molar-refractivity contribution in [3.63, 3.8) is 0 Å². The number of H-pyrrole nitrogens is 1. The average Bonchev–Trinajstić information content (AvgIpc) is 2.96. The quantitative estimate of drug-likeness (QED) is 0.931. The van der Waals surface area contributed by atoms with Crippen molar-refractivity contribution < 1.29 is 9.63 Å². The van der Waals surface area contributed by atoms with Crippen LogP contribution in [0.2, 0.25) is 0 Å². The van der Waals surface area contributed by atoms with Crippen LogP contribution in [0.5, 0.6) is 0 Å². The summed E-state index contributed by atoms with van der Waals surface area (Å²) < 4.78 is 0. The fourth-order valence-electron chi connectivity index (χ4n) is 3.95. The number of carbonyl (C=O) groups is 1. The van der Waals surface area contributed by atoms with Gasteiger partial charge in [-0.25, -0.2) is 0 Å². The zero-order chi connectivity index (χ0) is 16.4. The molecular weight excluding hydrogens is 292 g/mol. The van der Waals surface area contributed by atoms with Crippen molar-refractivity contribution >= 4 is 11.6 Å². The van der Waals surface area contributed by atoms with Crippen LogP contribution in [-0.2, 0) is 4.84 Å². The molecule has 0 radical (unpaired) electrons. The number of piperidine rings is 1. The summed E-state index contributed by atoms with van der Waals surface area (Å²) >= 11 is 0. The van der Waals surface area contributed by atoms with Gasteiger partial charge in [-0.1, -0.05) is 19.0 Å². The van der Waals surface area contributed by atoms with Gasteiger partial charge in [0.2, 0.25) is 0 Å². The minimum Gasteiger partial charge on any atom is -0.389 e. The second-order valence-corrected chi connectivity index (χ2v) is 8.04. The number of aromatic amines is 1. The van der Waals surface area contributed by atoms with Crippen LogP contribution >= 0.6 is 0 Å². The lowest BCUT2D eigenvalue weighted by atomic mass is 9.98. The first-order valence-electron chi connectivity index (χ1n) is 8.45. The van der Waals surface area contributed by atoms with Gasteiger partial charge in [-0.2, -0.15) is 5.10 Å². The van der Waals surface area contributed by atoms with E-state index in [9.17, 15) is 4.79 Å². The summed E-state index contributed by atoms with van der Waals surface area (Å²) in [7, 11) is 0. The van der Waals surface area contributed by atoms with Crippen molar-refractivity contribution in [1.82, 2.24) is 15.1 Å². The summed E-state index contributed by atoms with van der Waals surface area (Å²) in [5.41, 5.74) is 2.58. The zero-order valence-electron chi connectivity index (χ0n) is 14.2. The first kappa shape index (κ1) is 14.7. The van der Waals surface area contributed by atoms with E-state index >= 15 is 0 Å². The SMILES string of the molecule is CC(C)c1cc(C(=O)N2C[C@@H]3C(C4=NOC(C)(C)C4)[C@@H]3C2)n[nH]1. The molecule has 6 nitrogen and oxygen atoms in total. The van der Waals surface area contributed by atoms with Crippen LogP contribution in [0.3, 0.4) is 0 Å². The lowest BCUT2D eigenvalue weighted by Crippen LogP contribution is -2.33. The second-order valence-electron chi connectivity index (χ2n) is 8.04. The Bertz CT molecular complexity index is 664. The van der Waals surface area contributed by atoms with Gasteiger partial charge in [0.1, 0.15) is 11.3 Å². The van der Waals surface area contributed by atoms with E-state index in [-0.39, 0.29) is 11.5 Å². The highest BCUT2D eigenvalue weighted by Crippen LogP contribution is 2.54. The summed E-state index contributed by atoms with van der Waals surface area (Å²) in [5, 5.41) is 11.4. The number of nitrogens with zero attached hydrogens (tertiary/aromatic N) is 3. The Balaban J connectivity index is 1.37. The maximum absolute atomic E-state index is 12.6. The minimum atomic E-state index is -0.163. The second kappa shape index (κ2) is 4.82. The highest BCUT2D eigenvalue weighted by atomic mass is 16.7. The lowest BCUT2D eigenvalue weighted by Gasteiger charge is -2.19. The van der Waals surface area contributed by atoms with Gasteiger partial charge in [0.15, 0.2) is 0 Å². The molecule has 2 fully saturated rings. The topological polar surface area (TPSA) is 70.6 Å². The van der Waals surface area contributed by atoms with Gasteiger partial charge in [-0.15, -0.1) is 0 Å². The van der Waals surface area contributed by atoms with Gasteiger partial charge in [0.25, 0.3) is 5.91 Å². The van der Waals surface area contributed by atoms with Gasteiger partial charge >= 0.3 is 0 Å². The van der Waals surface area contributed by atoms with Crippen molar-refractivity contribution in [1.29, 1.82) is 0 Å². The number of carbonyl (C=O) groups excluding carboxylic acids is 1. The van der Waals surface area contributed by atoms with Crippen LogP contribution < -0.4 is 0 Å². The fourth-order valence-corrected chi connectivity index (χ4v) is 3.95. The van der Waals surface area contributed by atoms with E-state index in [0.717, 1.165) is 25.2 Å². The van der Waals surface area contributed by atoms with Gasteiger partial charge < -0.3 is 9.74 Å². The molecule has 3 heterocycles. The van der Waals surface area contributed by atoms with E-state index in [4.69, 9.17) is 4.84 Å². The first-order chi connectivity index (χ1) is 10.9. The van der Waals surface area contributed by atoms with E-state index in [1.54, 1.807) is 0 Å². The molecule has 0 aromatic carbocycles. The van der Waals surface area contributed by atoms with Crippen LogP contribution in [0.15, 0.2) is 11.2 Å². The summed E-state index contributed by atoms with van der Waals surface area (Å²) in [6.07, 6.45) is 0.912. The van der Waals surface area contributed by atoms with Gasteiger partial charge in [0.05, 0.1) is 5.71 Å². The number of hydrogen-bond acceptors (Lipinski definition) is 4. The first-order valence-corrected chi connectivity index (χ1v) is 8.45. The van der Waals surface area contributed by atoms with E-state index in [1.807, 2.05) is 11.0 Å². The molecule has 2 aliphatic heterocycles. The molecule has 1 saturated heterocycles. The number of fused-ring (bicyclic) bond motifs is 1. The number of amides is 1. The Morgan fingerprint density at radius 2 is 2.09 bits per heavy atom. The highest BCUT2D eigenvalue weighted by molar-refractivity contribution is 5.94. The largest absolute Gasteiger partial charge is 0.389 e. The zero-order valence-corrected chi connectivity index (χ0v) is 14.2. The van der Waals surface area contributed by atoms with Crippen molar-refractivity contribution in [3.8, 4) is 0 Å². The van der Waals surface area contributed by atoms with Crippen LogP contribution in [-0.4, -0.2) is 45.4 Å². The molecule has 1 saturated carbocycles. The minimum absolute atomic E-state index is 0.0454. The maximum Gasteiger partial charge on any atom is 0.274 e. The Hall–Kier alpha value is -1.85. The van der Waals surface area contributed by atoms with Gasteiger partial charge in [0, 0.05) is 31.1 Å². The number of likely N-dealkylation sites (tertiary alicyclic amines) is 1. The summed E-state index contributed by atoms with van der Waals surface area (Å²) in [4.78, 5) is 20.0. The standard InChI is InChI=1S/C17H24N4O2/c1-9(2)12-5-13(19-18-12)16(22)21-7-10-11(8-21)15(10)14-6-17(3,4)23-20-14/h5,9-11,15H,6-8H2,1-4H3,(H,18,19)/t10-,11+,15?. The molecule has 1 N–H and O–H groups in total. The predicted octanol–water partition coefficient (Wildman–Crippen LogP) is 2.41. The average molecular weight is 316 g/mol. The monoisotopic (exact) mass is 316 g/mol. The molecule has 3 aliphatic rings. The Kier molecular flexibility index (Phi) is 3.09. The van der Waals surface area contributed by atoms with Crippen LogP contribution in [0.25, 0.3) is 0 Å². The fraction of sp³-hybridized carbons (Fsp3) is 0.706. The molecule has 1 amide bonds. The number of nitrogens with one attached hydrogen (secondary N) is 1. The van der Waals surface area contributed by atoms with Crippen molar-refractivity contribution in [2.75, 3.05) is 13.1 Å². The van der Waals surface area contributed by atoms with E-state index in [2.05, 4.69) is 43.0 Å². The molecule has 3 atom stereocenters. The lowest BCUT2D eigenvalue weighted by molar-refractivity contribution is 0.0123. The Labute approximate surface area is 136 Å². The Morgan fingerprint density at radius 1 is 1.39 bits per heavy atom. The normalized spacial score (nSPS) is 31.1. The molecule has 1 aliphatic carbocycles. The summed E-state index contributed by atoms with van der Waals surface area (Å²) in [6.45, 7) is 9.95. The molecule has 6 heteroatoms. The molecule has 1 unspecified atom stereocenters. The van der Waals surface area contributed by atoms with Crippen LogP contribution in [0.4, 0.5) is 0 Å². The number of hydrogen-bond donors (Lipinski definition) is 1. The molecule has 1 aromatic rings. The summed E-state index contributed by atoms with van der Waals surface area (Å²) in [6, 6.07) is 1.88. The van der Waals surface area contributed by atoms with Gasteiger partial charge in [-0.3, -0.25) is 9.89 Å². The number of rotatable bonds is 3. The van der Waals surface area contributed by atoms with Crippen molar-refractivity contribution in [2.24, 2.45) is 22.9 Å². The van der Waals surface area contributed by atoms with E-state index in [0.29, 0.717) is 29.4 Å². The van der Waals surface area contributed by atoms with E-state index in [1.165, 1.54) is 5.71 Å². The molecule has 4 rings (SSSR count). The third kappa shape index (κ3) is 2.44. The molecule has 0 spiro atoms. The molecular formula is C17H24N4O2. The smallest absolute Gasteiger partial charge is 0.274 e. The highest BCUT2D eigenvalue weighted by Gasteiger charge is 2.60. The van der Waals surface area contributed by atoms with Crippen LogP contribution in [0.1, 0.15) is 56.2 Å².